The molecule has 5 nitrogen and oxygen atoms in total. The Morgan fingerprint density at radius 2 is 1.53 bits per heavy atom. The molecule has 1 heterocycles. The van der Waals surface area contributed by atoms with E-state index in [4.69, 9.17) is 14.3 Å². The summed E-state index contributed by atoms with van der Waals surface area (Å²) in [5.41, 5.74) is 16.0. The lowest BCUT2D eigenvalue weighted by molar-refractivity contribution is -0.152. The summed E-state index contributed by atoms with van der Waals surface area (Å²) < 4.78 is 14.5. The van der Waals surface area contributed by atoms with E-state index in [2.05, 4.69) is 121 Å². The Morgan fingerprint density at radius 1 is 0.816 bits per heavy atom. The molecule has 0 spiro atoms. The minimum absolute atomic E-state index is 0.154. The number of rotatable bonds is 10. The molecule has 0 saturated carbocycles. The molecular weight excluding hydrogens is 604 g/mol. The first-order valence-corrected chi connectivity index (χ1v) is 17.5. The molecule has 7 rings (SSSR count). The summed E-state index contributed by atoms with van der Waals surface area (Å²) in [6.07, 6.45) is 0.752. The van der Waals surface area contributed by atoms with Crippen LogP contribution < -0.4 is 4.74 Å². The molecule has 0 bridgehead atoms. The van der Waals surface area contributed by atoms with Crippen molar-refractivity contribution in [3.8, 4) is 39.1 Å². The van der Waals surface area contributed by atoms with Gasteiger partial charge in [-0.1, -0.05) is 59.8 Å². The number of aryl methyl sites for hydroxylation is 2. The van der Waals surface area contributed by atoms with Crippen molar-refractivity contribution < 1.29 is 14.3 Å². The average Bonchev–Trinajstić information content (AvgIpc) is 3.61. The maximum atomic E-state index is 6.26. The SMILES string of the molecule is CCOC(C)(C)Oc1ccc(-c2ccc3c(c2-c2ccc4c(c2)c2cc(C(C)ON=C(C)C)ccc2n4CC)Cc2ccccc2-3)c(C)c1. The predicted molar refractivity (Wildman–Crippen MR) is 204 cm³/mol. The number of hydrogen-bond acceptors (Lipinski definition) is 4. The van der Waals surface area contributed by atoms with Gasteiger partial charge in [0.1, 0.15) is 11.9 Å². The normalized spacial score (nSPS) is 13.0. The van der Waals surface area contributed by atoms with Crippen LogP contribution in [-0.4, -0.2) is 22.7 Å². The van der Waals surface area contributed by atoms with Gasteiger partial charge < -0.3 is 18.9 Å². The zero-order valence-corrected chi connectivity index (χ0v) is 30.0. The van der Waals surface area contributed by atoms with E-state index in [1.165, 1.54) is 66.3 Å². The fourth-order valence-electron chi connectivity index (χ4n) is 7.54. The Morgan fingerprint density at radius 3 is 2.27 bits per heavy atom. The second kappa shape index (κ2) is 12.9. The zero-order chi connectivity index (χ0) is 34.4. The topological polar surface area (TPSA) is 45.0 Å². The van der Waals surface area contributed by atoms with Crippen LogP contribution >= 0.6 is 0 Å². The zero-order valence-electron chi connectivity index (χ0n) is 30.0. The molecule has 5 heteroatoms. The van der Waals surface area contributed by atoms with Gasteiger partial charge in [0.05, 0.1) is 5.71 Å². The fraction of sp³-hybridized carbons (Fsp3) is 0.295. The fourth-order valence-corrected chi connectivity index (χ4v) is 7.54. The third-order valence-electron chi connectivity index (χ3n) is 9.69. The molecule has 0 amide bonds. The molecule has 250 valence electrons. The van der Waals surface area contributed by atoms with Gasteiger partial charge in [-0.05, 0) is 140 Å². The molecule has 1 aromatic heterocycles. The number of benzene rings is 5. The highest BCUT2D eigenvalue weighted by Crippen LogP contribution is 2.48. The van der Waals surface area contributed by atoms with E-state index in [1.54, 1.807) is 0 Å². The van der Waals surface area contributed by atoms with E-state index in [1.807, 2.05) is 34.6 Å². The highest BCUT2D eigenvalue weighted by Gasteiger charge is 2.26. The van der Waals surface area contributed by atoms with Gasteiger partial charge in [-0.3, -0.25) is 0 Å². The van der Waals surface area contributed by atoms with E-state index in [-0.39, 0.29) is 6.10 Å². The molecular formula is C44H46N2O3. The largest absolute Gasteiger partial charge is 0.463 e. The molecule has 1 aliphatic carbocycles. The van der Waals surface area contributed by atoms with Crippen LogP contribution in [0.15, 0.2) is 96.2 Å². The van der Waals surface area contributed by atoms with Gasteiger partial charge in [-0.15, -0.1) is 0 Å². The van der Waals surface area contributed by atoms with Crippen molar-refractivity contribution >= 4 is 27.5 Å². The second-order valence-electron chi connectivity index (χ2n) is 13.8. The first-order chi connectivity index (χ1) is 23.6. The molecule has 1 atom stereocenters. The lowest BCUT2D eigenvalue weighted by atomic mass is 9.86. The van der Waals surface area contributed by atoms with E-state index in [0.29, 0.717) is 6.61 Å². The molecule has 1 unspecified atom stereocenters. The van der Waals surface area contributed by atoms with Gasteiger partial charge in [0, 0.05) is 48.8 Å². The van der Waals surface area contributed by atoms with Crippen LogP contribution in [0.5, 0.6) is 5.75 Å². The van der Waals surface area contributed by atoms with Crippen molar-refractivity contribution in [3.63, 3.8) is 0 Å². The predicted octanol–water partition coefficient (Wildman–Crippen LogP) is 11.7. The maximum Gasteiger partial charge on any atom is 0.204 e. The van der Waals surface area contributed by atoms with Gasteiger partial charge in [-0.2, -0.15) is 0 Å². The number of fused-ring (bicyclic) bond motifs is 6. The van der Waals surface area contributed by atoms with Crippen LogP contribution in [0.25, 0.3) is 55.2 Å². The van der Waals surface area contributed by atoms with Crippen molar-refractivity contribution in [2.75, 3.05) is 6.61 Å². The number of ether oxygens (including phenoxy) is 2. The standard InChI is InChI=1S/C44H46N2O3/c1-9-46-41-21-15-30(29(6)49-45-27(3)4)24-38(41)39-26-32(16-22-42(39)46)43-37(20-19-36-35-14-12-11-13-31(35)25-40(36)43)34-18-17-33(23-28(34)5)48-44(7,8)47-10-2/h11-24,26,29H,9-10,25H2,1-8H3. The Labute approximate surface area is 290 Å². The molecule has 6 aromatic rings. The third kappa shape index (κ3) is 6.02. The number of hydrogen-bond donors (Lipinski definition) is 0. The summed E-state index contributed by atoms with van der Waals surface area (Å²) in [5.74, 6) is 0.101. The average molecular weight is 651 g/mol. The molecule has 49 heavy (non-hydrogen) atoms. The Balaban J connectivity index is 1.42. The van der Waals surface area contributed by atoms with Crippen LogP contribution in [0, 0.1) is 6.92 Å². The van der Waals surface area contributed by atoms with Gasteiger partial charge in [0.15, 0.2) is 0 Å². The minimum Gasteiger partial charge on any atom is -0.463 e. The maximum absolute atomic E-state index is 6.26. The monoisotopic (exact) mass is 650 g/mol. The van der Waals surface area contributed by atoms with Crippen LogP contribution in [-0.2, 0) is 22.5 Å². The molecule has 0 fully saturated rings. The molecule has 1 aliphatic rings. The summed E-state index contributed by atoms with van der Waals surface area (Å²) in [4.78, 5) is 5.85. The number of nitrogens with zero attached hydrogens (tertiary/aromatic N) is 2. The van der Waals surface area contributed by atoms with Gasteiger partial charge in [0.2, 0.25) is 5.79 Å². The molecule has 5 aromatic carbocycles. The van der Waals surface area contributed by atoms with Crippen molar-refractivity contribution in [1.29, 1.82) is 0 Å². The van der Waals surface area contributed by atoms with Gasteiger partial charge >= 0.3 is 0 Å². The van der Waals surface area contributed by atoms with Crippen LogP contribution in [0.4, 0.5) is 0 Å². The Bertz CT molecular complexity index is 2240. The van der Waals surface area contributed by atoms with E-state index in [0.717, 1.165) is 35.6 Å². The highest BCUT2D eigenvalue weighted by atomic mass is 16.7. The van der Waals surface area contributed by atoms with Crippen LogP contribution in [0.3, 0.4) is 0 Å². The molecule has 0 radical (unpaired) electrons. The van der Waals surface area contributed by atoms with Crippen LogP contribution in [0.2, 0.25) is 0 Å². The van der Waals surface area contributed by atoms with Crippen LogP contribution in [0.1, 0.15) is 76.8 Å². The van der Waals surface area contributed by atoms with E-state index < -0.39 is 5.79 Å². The minimum atomic E-state index is -0.702. The first kappa shape index (κ1) is 32.7. The first-order valence-electron chi connectivity index (χ1n) is 17.5. The summed E-state index contributed by atoms with van der Waals surface area (Å²) in [6, 6.07) is 33.6. The van der Waals surface area contributed by atoms with Crippen molar-refractivity contribution in [2.24, 2.45) is 5.16 Å². The summed E-state index contributed by atoms with van der Waals surface area (Å²) in [7, 11) is 0. The third-order valence-corrected chi connectivity index (χ3v) is 9.69. The van der Waals surface area contributed by atoms with Gasteiger partial charge in [0.25, 0.3) is 0 Å². The van der Waals surface area contributed by atoms with Gasteiger partial charge in [-0.25, -0.2) is 0 Å². The summed E-state index contributed by atoms with van der Waals surface area (Å²) >= 11 is 0. The van der Waals surface area contributed by atoms with Crippen molar-refractivity contribution in [3.05, 3.63) is 113 Å². The number of aromatic nitrogens is 1. The molecule has 0 N–H and O–H groups in total. The summed E-state index contributed by atoms with van der Waals surface area (Å²) in [5, 5.41) is 6.72. The second-order valence-corrected chi connectivity index (χ2v) is 13.8. The van der Waals surface area contributed by atoms with Crippen molar-refractivity contribution in [2.45, 2.75) is 80.2 Å². The Hall–Kier alpha value is -4.87. The summed E-state index contributed by atoms with van der Waals surface area (Å²) in [6.45, 7) is 17.7. The Kier molecular flexibility index (Phi) is 8.58. The lowest BCUT2D eigenvalue weighted by Gasteiger charge is -2.26. The number of oxime groups is 1. The van der Waals surface area contributed by atoms with E-state index >= 15 is 0 Å². The highest BCUT2D eigenvalue weighted by molar-refractivity contribution is 6.10. The van der Waals surface area contributed by atoms with E-state index in [9.17, 15) is 0 Å². The van der Waals surface area contributed by atoms with Crippen molar-refractivity contribution in [1.82, 2.24) is 4.57 Å². The molecule has 0 saturated heterocycles. The lowest BCUT2D eigenvalue weighted by Crippen LogP contribution is -2.31. The molecule has 0 aliphatic heterocycles. The smallest absolute Gasteiger partial charge is 0.204 e. The quantitative estimate of drug-likeness (QED) is 0.0840.